The molecule has 6 heteroatoms. The summed E-state index contributed by atoms with van der Waals surface area (Å²) in [4.78, 5) is 28.5. The van der Waals surface area contributed by atoms with Crippen LogP contribution in [-0.4, -0.2) is 36.3 Å². The molecule has 2 aromatic carbocycles. The maximum Gasteiger partial charge on any atom is 0.227 e. The third kappa shape index (κ3) is 5.21. The van der Waals surface area contributed by atoms with Gasteiger partial charge < -0.3 is 10.2 Å². The number of hydrogen-bond donors (Lipinski definition) is 1. The minimum atomic E-state index is -0.468. The molecule has 1 fully saturated rings. The van der Waals surface area contributed by atoms with E-state index in [9.17, 15) is 14.0 Å². The third-order valence-corrected chi connectivity index (χ3v) is 5.43. The second kappa shape index (κ2) is 9.65. The lowest BCUT2D eigenvalue weighted by atomic mass is 10.1. The Kier molecular flexibility index (Phi) is 6.99. The number of carbonyl (C=O) groups is 2. The first-order valence-corrected chi connectivity index (χ1v) is 10.1. The summed E-state index contributed by atoms with van der Waals surface area (Å²) in [6.45, 7) is 7.85. The standard InChI is InChI=1S/C23H28FN3O2/c1-3-26(4-2)15-18-11-9-17(10-12-18)14-25-23(29)19-13-22(28)27(16-19)21-8-6-5-7-20(21)24/h5-12,19H,3-4,13-16H2,1-2H3,(H,25,29). The van der Waals surface area contributed by atoms with Gasteiger partial charge in [0.05, 0.1) is 11.6 Å². The number of nitrogens with one attached hydrogen (secondary N) is 1. The predicted molar refractivity (Wildman–Crippen MR) is 112 cm³/mol. The van der Waals surface area contributed by atoms with Crippen LogP contribution in [0.1, 0.15) is 31.4 Å². The second-order valence-electron chi connectivity index (χ2n) is 7.35. The lowest BCUT2D eigenvalue weighted by molar-refractivity contribution is -0.126. The highest BCUT2D eigenvalue weighted by Gasteiger charge is 2.35. The molecule has 0 radical (unpaired) electrons. The Morgan fingerprint density at radius 2 is 1.76 bits per heavy atom. The van der Waals surface area contributed by atoms with Gasteiger partial charge in [-0.25, -0.2) is 4.39 Å². The van der Waals surface area contributed by atoms with Gasteiger partial charge in [-0.1, -0.05) is 50.2 Å². The molecule has 5 nitrogen and oxygen atoms in total. The molecule has 3 rings (SSSR count). The van der Waals surface area contributed by atoms with E-state index in [0.717, 1.165) is 25.2 Å². The van der Waals surface area contributed by atoms with Crippen LogP contribution < -0.4 is 10.2 Å². The quantitative estimate of drug-likeness (QED) is 0.743. The van der Waals surface area contributed by atoms with Crippen LogP contribution in [-0.2, 0) is 22.7 Å². The van der Waals surface area contributed by atoms with E-state index < -0.39 is 11.7 Å². The number of anilines is 1. The number of rotatable bonds is 8. The Labute approximate surface area is 171 Å². The zero-order valence-corrected chi connectivity index (χ0v) is 17.0. The molecule has 2 aromatic rings. The largest absolute Gasteiger partial charge is 0.352 e. The molecule has 0 aromatic heterocycles. The van der Waals surface area contributed by atoms with Crippen molar-refractivity contribution in [2.24, 2.45) is 5.92 Å². The molecule has 2 amide bonds. The molecular weight excluding hydrogens is 369 g/mol. The molecule has 1 aliphatic rings. The smallest absolute Gasteiger partial charge is 0.227 e. The molecule has 0 saturated carbocycles. The van der Waals surface area contributed by atoms with Crippen LogP contribution in [0.25, 0.3) is 0 Å². The molecule has 0 bridgehead atoms. The van der Waals surface area contributed by atoms with Crippen LogP contribution in [0.2, 0.25) is 0 Å². The normalized spacial score (nSPS) is 16.5. The van der Waals surface area contributed by atoms with Gasteiger partial charge in [-0.2, -0.15) is 0 Å². The van der Waals surface area contributed by atoms with Crippen LogP contribution in [0.15, 0.2) is 48.5 Å². The fourth-order valence-electron chi connectivity index (χ4n) is 3.59. The first kappa shape index (κ1) is 21.0. The molecule has 1 saturated heterocycles. The zero-order chi connectivity index (χ0) is 20.8. The van der Waals surface area contributed by atoms with Gasteiger partial charge in [0.15, 0.2) is 0 Å². The van der Waals surface area contributed by atoms with Crippen molar-refractivity contribution in [1.29, 1.82) is 0 Å². The number of amides is 2. The van der Waals surface area contributed by atoms with Gasteiger partial charge in [0.2, 0.25) is 11.8 Å². The van der Waals surface area contributed by atoms with E-state index in [-0.39, 0.29) is 30.5 Å². The molecule has 1 unspecified atom stereocenters. The Balaban J connectivity index is 1.53. The van der Waals surface area contributed by atoms with Gasteiger partial charge in [0.25, 0.3) is 0 Å². The van der Waals surface area contributed by atoms with Gasteiger partial charge in [0, 0.05) is 26.1 Å². The summed E-state index contributed by atoms with van der Waals surface area (Å²) in [5, 5.41) is 2.91. The van der Waals surface area contributed by atoms with Crippen molar-refractivity contribution >= 4 is 17.5 Å². The topological polar surface area (TPSA) is 52.7 Å². The highest BCUT2D eigenvalue weighted by molar-refractivity contribution is 6.00. The van der Waals surface area contributed by atoms with Crippen molar-refractivity contribution < 1.29 is 14.0 Å². The lowest BCUT2D eigenvalue weighted by Gasteiger charge is -2.18. The summed E-state index contributed by atoms with van der Waals surface area (Å²) in [7, 11) is 0. The van der Waals surface area contributed by atoms with E-state index in [1.807, 2.05) is 12.1 Å². The fraction of sp³-hybridized carbons (Fsp3) is 0.391. The van der Waals surface area contributed by atoms with Crippen LogP contribution in [0, 0.1) is 11.7 Å². The molecule has 1 heterocycles. The number of halogens is 1. The van der Waals surface area contributed by atoms with Gasteiger partial charge in [-0.15, -0.1) is 0 Å². The van der Waals surface area contributed by atoms with Crippen molar-refractivity contribution in [1.82, 2.24) is 10.2 Å². The first-order chi connectivity index (χ1) is 14.0. The van der Waals surface area contributed by atoms with Crippen molar-refractivity contribution in [3.63, 3.8) is 0 Å². The summed E-state index contributed by atoms with van der Waals surface area (Å²) in [6.07, 6.45) is 0.100. The average Bonchev–Trinajstić information content (AvgIpc) is 3.13. The molecule has 29 heavy (non-hydrogen) atoms. The number of hydrogen-bond acceptors (Lipinski definition) is 3. The molecule has 154 valence electrons. The van der Waals surface area contributed by atoms with E-state index in [1.165, 1.54) is 16.5 Å². The van der Waals surface area contributed by atoms with Crippen LogP contribution in [0.5, 0.6) is 0 Å². The fourth-order valence-corrected chi connectivity index (χ4v) is 3.59. The molecule has 0 aliphatic carbocycles. The van der Waals surface area contributed by atoms with Gasteiger partial charge in [-0.3, -0.25) is 14.5 Å². The Bertz CT molecular complexity index is 849. The third-order valence-electron chi connectivity index (χ3n) is 5.43. The van der Waals surface area contributed by atoms with Crippen LogP contribution in [0.3, 0.4) is 0 Å². The van der Waals surface area contributed by atoms with E-state index in [0.29, 0.717) is 6.54 Å². The van der Waals surface area contributed by atoms with Crippen molar-refractivity contribution in [2.75, 3.05) is 24.5 Å². The van der Waals surface area contributed by atoms with Crippen molar-refractivity contribution in [3.05, 3.63) is 65.5 Å². The highest BCUT2D eigenvalue weighted by atomic mass is 19.1. The minimum absolute atomic E-state index is 0.100. The van der Waals surface area contributed by atoms with Gasteiger partial charge >= 0.3 is 0 Å². The summed E-state index contributed by atoms with van der Waals surface area (Å²) in [6, 6.07) is 14.3. The molecular formula is C23H28FN3O2. The van der Waals surface area contributed by atoms with E-state index in [4.69, 9.17) is 0 Å². The van der Waals surface area contributed by atoms with Crippen molar-refractivity contribution in [3.8, 4) is 0 Å². The SMILES string of the molecule is CCN(CC)Cc1ccc(CNC(=O)C2CC(=O)N(c3ccccc3F)C2)cc1. The van der Waals surface area contributed by atoms with E-state index >= 15 is 0 Å². The number of benzene rings is 2. The first-order valence-electron chi connectivity index (χ1n) is 10.1. The van der Waals surface area contributed by atoms with E-state index in [2.05, 4.69) is 36.2 Å². The Morgan fingerprint density at radius 1 is 1.10 bits per heavy atom. The number of para-hydroxylation sites is 1. The predicted octanol–water partition coefficient (Wildman–Crippen LogP) is 3.34. The molecule has 0 spiro atoms. The summed E-state index contributed by atoms with van der Waals surface area (Å²) < 4.78 is 14.0. The number of nitrogens with zero attached hydrogens (tertiary/aromatic N) is 2. The van der Waals surface area contributed by atoms with Crippen LogP contribution >= 0.6 is 0 Å². The highest BCUT2D eigenvalue weighted by Crippen LogP contribution is 2.27. The van der Waals surface area contributed by atoms with Gasteiger partial charge in [-0.05, 0) is 36.3 Å². The van der Waals surface area contributed by atoms with Crippen LogP contribution in [0.4, 0.5) is 10.1 Å². The molecule has 1 atom stereocenters. The Hall–Kier alpha value is -2.73. The lowest BCUT2D eigenvalue weighted by Crippen LogP contribution is -2.32. The average molecular weight is 397 g/mol. The monoisotopic (exact) mass is 397 g/mol. The summed E-state index contributed by atoms with van der Waals surface area (Å²) in [5.41, 5.74) is 2.49. The number of carbonyl (C=O) groups excluding carboxylic acids is 2. The minimum Gasteiger partial charge on any atom is -0.352 e. The maximum absolute atomic E-state index is 14.0. The van der Waals surface area contributed by atoms with Gasteiger partial charge in [0.1, 0.15) is 5.82 Å². The molecule has 1 N–H and O–H groups in total. The molecule has 1 aliphatic heterocycles. The van der Waals surface area contributed by atoms with Crippen molar-refractivity contribution in [2.45, 2.75) is 33.4 Å². The second-order valence-corrected chi connectivity index (χ2v) is 7.35. The zero-order valence-electron chi connectivity index (χ0n) is 17.0. The Morgan fingerprint density at radius 3 is 2.41 bits per heavy atom. The van der Waals surface area contributed by atoms with E-state index in [1.54, 1.807) is 18.2 Å². The maximum atomic E-state index is 14.0. The summed E-state index contributed by atoms with van der Waals surface area (Å²) in [5.74, 6) is -1.32. The summed E-state index contributed by atoms with van der Waals surface area (Å²) >= 11 is 0.